The fourth-order valence-corrected chi connectivity index (χ4v) is 2.39. The maximum Gasteiger partial charge on any atom is 0.237 e. The van der Waals surface area contributed by atoms with Crippen molar-refractivity contribution in [3.63, 3.8) is 0 Å². The standard InChI is InChI=1S/C13H26N2O2/c1-10(2)15-12(17)11(3)14-8-13(9-16)6-4-5-7-13/h10-11,14,16H,4-9H2,1-3H3,(H,15,17). The zero-order chi connectivity index (χ0) is 12.9. The molecule has 0 heterocycles. The molecule has 0 spiro atoms. The Balaban J connectivity index is 2.36. The molecule has 0 aliphatic heterocycles. The minimum atomic E-state index is -0.193. The molecule has 0 aromatic carbocycles. The van der Waals surface area contributed by atoms with E-state index in [2.05, 4.69) is 10.6 Å². The van der Waals surface area contributed by atoms with E-state index in [0.29, 0.717) is 0 Å². The van der Waals surface area contributed by atoms with Crippen LogP contribution in [0.15, 0.2) is 0 Å². The van der Waals surface area contributed by atoms with Gasteiger partial charge in [0, 0.05) is 24.6 Å². The van der Waals surface area contributed by atoms with Crippen molar-refractivity contribution >= 4 is 5.91 Å². The SMILES string of the molecule is CC(C)NC(=O)C(C)NCC1(CO)CCCC1. The molecule has 0 bridgehead atoms. The highest BCUT2D eigenvalue weighted by molar-refractivity contribution is 5.81. The zero-order valence-electron chi connectivity index (χ0n) is 11.3. The van der Waals surface area contributed by atoms with Gasteiger partial charge in [0.2, 0.25) is 5.91 Å². The molecule has 1 unspecified atom stereocenters. The molecule has 4 nitrogen and oxygen atoms in total. The third-order valence-electron chi connectivity index (χ3n) is 3.61. The Morgan fingerprint density at radius 2 is 1.88 bits per heavy atom. The molecule has 3 N–H and O–H groups in total. The fraction of sp³-hybridized carbons (Fsp3) is 0.923. The molecule has 1 amide bonds. The van der Waals surface area contributed by atoms with Crippen LogP contribution in [0, 0.1) is 5.41 Å². The molecule has 0 aromatic heterocycles. The van der Waals surface area contributed by atoms with Crippen LogP contribution < -0.4 is 10.6 Å². The second-order valence-electron chi connectivity index (χ2n) is 5.63. The molecule has 100 valence electrons. The van der Waals surface area contributed by atoms with Gasteiger partial charge in [0.25, 0.3) is 0 Å². The van der Waals surface area contributed by atoms with Crippen molar-refractivity contribution < 1.29 is 9.90 Å². The minimum absolute atomic E-state index is 0.00632. The molecule has 1 aliphatic carbocycles. The van der Waals surface area contributed by atoms with E-state index in [4.69, 9.17) is 0 Å². The molecule has 0 aromatic rings. The van der Waals surface area contributed by atoms with Crippen LogP contribution >= 0.6 is 0 Å². The van der Waals surface area contributed by atoms with Crippen LogP contribution in [0.4, 0.5) is 0 Å². The van der Waals surface area contributed by atoms with E-state index in [-0.39, 0.29) is 30.0 Å². The molecule has 0 radical (unpaired) electrons. The van der Waals surface area contributed by atoms with Crippen molar-refractivity contribution in [1.29, 1.82) is 0 Å². The smallest absolute Gasteiger partial charge is 0.237 e. The lowest BCUT2D eigenvalue weighted by Crippen LogP contribution is -2.48. The van der Waals surface area contributed by atoms with Crippen LogP contribution in [0.1, 0.15) is 46.5 Å². The summed E-state index contributed by atoms with van der Waals surface area (Å²) in [6.07, 6.45) is 4.51. The number of nitrogens with one attached hydrogen (secondary N) is 2. The van der Waals surface area contributed by atoms with Crippen molar-refractivity contribution in [3.8, 4) is 0 Å². The summed E-state index contributed by atoms with van der Waals surface area (Å²) in [5, 5.41) is 15.6. The number of carbonyl (C=O) groups is 1. The Labute approximate surface area is 104 Å². The number of hydrogen-bond donors (Lipinski definition) is 3. The number of amides is 1. The summed E-state index contributed by atoms with van der Waals surface area (Å²) < 4.78 is 0. The summed E-state index contributed by atoms with van der Waals surface area (Å²) >= 11 is 0. The second kappa shape index (κ2) is 6.36. The average Bonchev–Trinajstić information content (AvgIpc) is 2.74. The van der Waals surface area contributed by atoms with E-state index in [0.717, 1.165) is 19.4 Å². The number of aliphatic hydroxyl groups excluding tert-OH is 1. The average molecular weight is 242 g/mol. The molecule has 1 atom stereocenters. The number of aliphatic hydroxyl groups is 1. The van der Waals surface area contributed by atoms with Gasteiger partial charge in [-0.1, -0.05) is 12.8 Å². The van der Waals surface area contributed by atoms with Crippen molar-refractivity contribution in [3.05, 3.63) is 0 Å². The Bertz CT molecular complexity index is 248. The highest BCUT2D eigenvalue weighted by Gasteiger charge is 2.33. The van der Waals surface area contributed by atoms with Gasteiger partial charge in [-0.05, 0) is 33.6 Å². The summed E-state index contributed by atoms with van der Waals surface area (Å²) in [6.45, 7) is 6.74. The fourth-order valence-electron chi connectivity index (χ4n) is 2.39. The Morgan fingerprint density at radius 3 is 2.35 bits per heavy atom. The highest BCUT2D eigenvalue weighted by Crippen LogP contribution is 2.36. The van der Waals surface area contributed by atoms with Crippen LogP contribution in [-0.2, 0) is 4.79 Å². The van der Waals surface area contributed by atoms with Crippen molar-refractivity contribution in [2.45, 2.75) is 58.5 Å². The zero-order valence-corrected chi connectivity index (χ0v) is 11.3. The van der Waals surface area contributed by atoms with E-state index in [1.54, 1.807) is 0 Å². The van der Waals surface area contributed by atoms with E-state index in [1.807, 2.05) is 20.8 Å². The second-order valence-corrected chi connectivity index (χ2v) is 5.63. The first-order valence-electron chi connectivity index (χ1n) is 6.64. The molecular formula is C13H26N2O2. The van der Waals surface area contributed by atoms with Gasteiger partial charge in [0.1, 0.15) is 0 Å². The first-order chi connectivity index (χ1) is 7.99. The lowest BCUT2D eigenvalue weighted by atomic mass is 9.87. The molecule has 1 fully saturated rings. The third-order valence-corrected chi connectivity index (χ3v) is 3.61. The highest BCUT2D eigenvalue weighted by atomic mass is 16.3. The van der Waals surface area contributed by atoms with Gasteiger partial charge in [-0.2, -0.15) is 0 Å². The largest absolute Gasteiger partial charge is 0.396 e. The summed E-state index contributed by atoms with van der Waals surface area (Å²) in [4.78, 5) is 11.7. The quantitative estimate of drug-likeness (QED) is 0.652. The summed E-state index contributed by atoms with van der Waals surface area (Å²) in [5.74, 6) is 0.0334. The number of carbonyl (C=O) groups excluding carboxylic acids is 1. The van der Waals surface area contributed by atoms with Crippen LogP contribution in [0.5, 0.6) is 0 Å². The van der Waals surface area contributed by atoms with Gasteiger partial charge in [-0.15, -0.1) is 0 Å². The monoisotopic (exact) mass is 242 g/mol. The first-order valence-corrected chi connectivity index (χ1v) is 6.64. The van der Waals surface area contributed by atoms with Crippen LogP contribution in [0.25, 0.3) is 0 Å². The number of rotatable bonds is 6. The molecule has 1 rings (SSSR count). The topological polar surface area (TPSA) is 61.4 Å². The first kappa shape index (κ1) is 14.5. The Hall–Kier alpha value is -0.610. The van der Waals surface area contributed by atoms with E-state index in [1.165, 1.54) is 12.8 Å². The molecule has 17 heavy (non-hydrogen) atoms. The molecule has 0 saturated heterocycles. The Kier molecular flexibility index (Phi) is 5.40. The van der Waals surface area contributed by atoms with E-state index >= 15 is 0 Å². The maximum atomic E-state index is 11.7. The van der Waals surface area contributed by atoms with Crippen molar-refractivity contribution in [2.24, 2.45) is 5.41 Å². The predicted molar refractivity (Wildman–Crippen MR) is 68.7 cm³/mol. The maximum absolute atomic E-state index is 11.7. The van der Waals surface area contributed by atoms with Gasteiger partial charge < -0.3 is 15.7 Å². The van der Waals surface area contributed by atoms with Gasteiger partial charge >= 0.3 is 0 Å². The normalized spacial score (nSPS) is 20.5. The summed E-state index contributed by atoms with van der Waals surface area (Å²) in [5.41, 5.74) is 0.00632. The van der Waals surface area contributed by atoms with E-state index < -0.39 is 0 Å². The molecule has 1 saturated carbocycles. The van der Waals surface area contributed by atoms with Gasteiger partial charge in [0.15, 0.2) is 0 Å². The Morgan fingerprint density at radius 1 is 1.29 bits per heavy atom. The molecular weight excluding hydrogens is 216 g/mol. The van der Waals surface area contributed by atoms with Gasteiger partial charge in [-0.3, -0.25) is 4.79 Å². The predicted octanol–water partition coefficient (Wildman–Crippen LogP) is 1.04. The molecule has 4 heteroatoms. The van der Waals surface area contributed by atoms with Gasteiger partial charge in [0.05, 0.1) is 6.04 Å². The minimum Gasteiger partial charge on any atom is -0.396 e. The van der Waals surface area contributed by atoms with E-state index in [9.17, 15) is 9.90 Å². The number of hydrogen-bond acceptors (Lipinski definition) is 3. The van der Waals surface area contributed by atoms with Crippen molar-refractivity contribution in [1.82, 2.24) is 10.6 Å². The van der Waals surface area contributed by atoms with Crippen LogP contribution in [-0.4, -0.2) is 36.2 Å². The van der Waals surface area contributed by atoms with Crippen LogP contribution in [0.3, 0.4) is 0 Å². The van der Waals surface area contributed by atoms with Gasteiger partial charge in [-0.25, -0.2) is 0 Å². The summed E-state index contributed by atoms with van der Waals surface area (Å²) in [6, 6.07) is -0.0218. The van der Waals surface area contributed by atoms with Crippen molar-refractivity contribution in [2.75, 3.05) is 13.2 Å². The molecule has 1 aliphatic rings. The van der Waals surface area contributed by atoms with Crippen LogP contribution in [0.2, 0.25) is 0 Å². The lowest BCUT2D eigenvalue weighted by Gasteiger charge is -2.28. The lowest BCUT2D eigenvalue weighted by molar-refractivity contribution is -0.123. The third kappa shape index (κ3) is 4.28. The summed E-state index contributed by atoms with van der Waals surface area (Å²) in [7, 11) is 0.